The minimum absolute atomic E-state index is 0.510. The topological polar surface area (TPSA) is 65.3 Å². The number of fused-ring (bicyclic) bond motifs is 8. The highest BCUT2D eigenvalue weighted by Gasteiger charge is 2.37. The van der Waals surface area contributed by atoms with Crippen LogP contribution in [0.4, 0.5) is 17.1 Å². The largest absolute Gasteiger partial charge is 0.453 e. The number of nitrogens with zero attached hydrogens (tertiary/aromatic N) is 5. The van der Waals surface area contributed by atoms with Crippen LogP contribution in [0.1, 0.15) is 0 Å². The van der Waals surface area contributed by atoms with Gasteiger partial charge in [0.2, 0.25) is 5.95 Å². The van der Waals surface area contributed by atoms with Gasteiger partial charge in [-0.25, -0.2) is 4.98 Å². The Morgan fingerprint density at radius 3 is 1.72 bits per heavy atom. The molecule has 0 spiro atoms. The second kappa shape index (κ2) is 9.51. The summed E-state index contributed by atoms with van der Waals surface area (Å²) >= 11 is 0. The summed E-state index contributed by atoms with van der Waals surface area (Å²) in [5.41, 5.74) is 6.45. The van der Waals surface area contributed by atoms with E-state index in [0.717, 1.165) is 67.2 Å². The van der Waals surface area contributed by atoms with Gasteiger partial charge in [0, 0.05) is 22.6 Å². The van der Waals surface area contributed by atoms with E-state index in [2.05, 4.69) is 45.9 Å². The quantitative estimate of drug-likeness (QED) is 0.203. The average Bonchev–Trinajstić information content (AvgIpc) is 3.46. The maximum atomic E-state index is 6.81. The summed E-state index contributed by atoms with van der Waals surface area (Å²) in [7, 11) is 0. The first-order valence-corrected chi connectivity index (χ1v) is 15.1. The Kier molecular flexibility index (Phi) is 5.15. The molecule has 6 aromatic carbocycles. The van der Waals surface area contributed by atoms with Crippen LogP contribution in [0.25, 0.3) is 50.5 Å². The van der Waals surface area contributed by atoms with Crippen molar-refractivity contribution in [2.45, 2.75) is 0 Å². The van der Waals surface area contributed by atoms with Gasteiger partial charge in [0.05, 0.1) is 27.8 Å². The van der Waals surface area contributed by atoms with E-state index in [1.807, 2.05) is 103 Å². The number of ether oxygens (including phenoxy) is 2. The molecule has 0 amide bonds. The third-order valence-electron chi connectivity index (χ3n) is 8.61. The van der Waals surface area contributed by atoms with Gasteiger partial charge in [-0.15, -0.1) is 0 Å². The molecule has 0 atom stereocenters. The van der Waals surface area contributed by atoms with Crippen molar-refractivity contribution in [2.75, 3.05) is 4.90 Å². The zero-order chi connectivity index (χ0) is 30.2. The lowest BCUT2D eigenvalue weighted by molar-refractivity contribution is 0.450. The molecule has 2 aliphatic rings. The standard InChI is InChI=1S/C39H23N5O2/c1-3-13-24(14-4-1)37-40-38(25-15-5-2-6-16-25)42-39(41-37)44-27-18-8-7-17-26(27)34-30(44)23-33-35-36(34)46-32-22-12-10-20-29(32)43(35)28-19-9-11-21-31(28)45-33/h1-23H. The second-order valence-corrected chi connectivity index (χ2v) is 11.3. The van der Waals surface area contributed by atoms with Gasteiger partial charge in [0.25, 0.3) is 0 Å². The van der Waals surface area contributed by atoms with E-state index < -0.39 is 0 Å². The molecule has 8 aromatic rings. The van der Waals surface area contributed by atoms with Crippen molar-refractivity contribution < 1.29 is 9.47 Å². The Morgan fingerprint density at radius 1 is 0.478 bits per heavy atom. The van der Waals surface area contributed by atoms with E-state index in [-0.39, 0.29) is 0 Å². The van der Waals surface area contributed by atoms with Crippen molar-refractivity contribution >= 4 is 38.9 Å². The van der Waals surface area contributed by atoms with Gasteiger partial charge in [-0.05, 0) is 30.3 Å². The van der Waals surface area contributed by atoms with E-state index in [1.54, 1.807) is 0 Å². The van der Waals surface area contributed by atoms with Crippen LogP contribution in [0.15, 0.2) is 140 Å². The third kappa shape index (κ3) is 3.56. The summed E-state index contributed by atoms with van der Waals surface area (Å²) in [6.07, 6.45) is 0. The van der Waals surface area contributed by atoms with Gasteiger partial charge in [-0.1, -0.05) is 103 Å². The van der Waals surface area contributed by atoms with Gasteiger partial charge in [0.1, 0.15) is 5.69 Å². The molecule has 2 aromatic heterocycles. The lowest BCUT2D eigenvalue weighted by atomic mass is 10.0. The molecule has 216 valence electrons. The van der Waals surface area contributed by atoms with Crippen LogP contribution in [-0.2, 0) is 0 Å². The van der Waals surface area contributed by atoms with Gasteiger partial charge >= 0.3 is 0 Å². The third-order valence-corrected chi connectivity index (χ3v) is 8.61. The number of anilines is 3. The highest BCUT2D eigenvalue weighted by molar-refractivity contribution is 6.17. The smallest absolute Gasteiger partial charge is 0.238 e. The fourth-order valence-corrected chi connectivity index (χ4v) is 6.62. The van der Waals surface area contributed by atoms with Crippen LogP contribution in [0.3, 0.4) is 0 Å². The first-order valence-electron chi connectivity index (χ1n) is 15.1. The molecular formula is C39H23N5O2. The van der Waals surface area contributed by atoms with E-state index in [0.29, 0.717) is 23.3 Å². The van der Waals surface area contributed by atoms with Crippen molar-refractivity contribution in [3.05, 3.63) is 140 Å². The number of hydrogen-bond donors (Lipinski definition) is 0. The van der Waals surface area contributed by atoms with Crippen LogP contribution in [-0.4, -0.2) is 19.5 Å². The Balaban J connectivity index is 1.31. The molecule has 7 nitrogen and oxygen atoms in total. The number of aromatic nitrogens is 4. The summed E-state index contributed by atoms with van der Waals surface area (Å²) in [5.74, 6) is 4.68. The van der Waals surface area contributed by atoms with E-state index in [4.69, 9.17) is 24.4 Å². The molecule has 46 heavy (non-hydrogen) atoms. The summed E-state index contributed by atoms with van der Waals surface area (Å²) in [6, 6.07) is 46.7. The normalized spacial score (nSPS) is 12.7. The molecule has 10 rings (SSSR count). The van der Waals surface area contributed by atoms with E-state index in [1.165, 1.54) is 0 Å². The minimum Gasteiger partial charge on any atom is -0.453 e. The molecule has 0 bridgehead atoms. The fourth-order valence-electron chi connectivity index (χ4n) is 6.62. The molecule has 0 fully saturated rings. The van der Waals surface area contributed by atoms with Crippen molar-refractivity contribution in [2.24, 2.45) is 0 Å². The number of hydrogen-bond acceptors (Lipinski definition) is 6. The predicted molar refractivity (Wildman–Crippen MR) is 180 cm³/mol. The zero-order valence-electron chi connectivity index (χ0n) is 24.3. The molecule has 0 aliphatic carbocycles. The molecule has 0 N–H and O–H groups in total. The molecule has 2 aliphatic heterocycles. The van der Waals surface area contributed by atoms with Crippen molar-refractivity contribution in [3.63, 3.8) is 0 Å². The van der Waals surface area contributed by atoms with Gasteiger partial charge in [-0.3, -0.25) is 9.47 Å². The highest BCUT2D eigenvalue weighted by atomic mass is 16.5. The van der Waals surface area contributed by atoms with Crippen molar-refractivity contribution in [1.29, 1.82) is 0 Å². The fraction of sp³-hybridized carbons (Fsp3) is 0. The molecule has 7 heteroatoms. The van der Waals surface area contributed by atoms with Crippen molar-refractivity contribution in [3.8, 4) is 51.7 Å². The molecule has 0 unspecified atom stereocenters. The molecule has 0 saturated carbocycles. The zero-order valence-corrected chi connectivity index (χ0v) is 24.3. The van der Waals surface area contributed by atoms with Gasteiger partial charge < -0.3 is 9.47 Å². The van der Waals surface area contributed by atoms with E-state index >= 15 is 0 Å². The maximum absolute atomic E-state index is 6.81. The summed E-state index contributed by atoms with van der Waals surface area (Å²) < 4.78 is 15.5. The summed E-state index contributed by atoms with van der Waals surface area (Å²) in [4.78, 5) is 17.4. The van der Waals surface area contributed by atoms with Gasteiger partial charge in [0.15, 0.2) is 34.6 Å². The molecular weight excluding hydrogens is 570 g/mol. The summed E-state index contributed by atoms with van der Waals surface area (Å²) in [5, 5.41) is 1.98. The monoisotopic (exact) mass is 593 g/mol. The Hall–Kier alpha value is -6.47. The Labute approximate surface area is 263 Å². The van der Waals surface area contributed by atoms with E-state index in [9.17, 15) is 0 Å². The van der Waals surface area contributed by atoms with Crippen LogP contribution in [0.2, 0.25) is 0 Å². The van der Waals surface area contributed by atoms with Crippen LogP contribution in [0, 0.1) is 0 Å². The van der Waals surface area contributed by atoms with Crippen LogP contribution >= 0.6 is 0 Å². The second-order valence-electron chi connectivity index (χ2n) is 11.3. The first kappa shape index (κ1) is 24.9. The van der Waals surface area contributed by atoms with Crippen LogP contribution in [0.5, 0.6) is 23.0 Å². The van der Waals surface area contributed by atoms with Crippen molar-refractivity contribution in [1.82, 2.24) is 19.5 Å². The Morgan fingerprint density at radius 2 is 1.04 bits per heavy atom. The van der Waals surface area contributed by atoms with Gasteiger partial charge in [-0.2, -0.15) is 9.97 Å². The predicted octanol–water partition coefficient (Wildman–Crippen LogP) is 9.98. The number of rotatable bonds is 3. The molecule has 4 heterocycles. The number of benzene rings is 6. The Bertz CT molecular complexity index is 2420. The molecule has 0 saturated heterocycles. The minimum atomic E-state index is 0.510. The lowest BCUT2D eigenvalue weighted by Crippen LogP contribution is -2.20. The van der Waals surface area contributed by atoms with Crippen LogP contribution < -0.4 is 14.4 Å². The molecule has 0 radical (unpaired) electrons. The first-order chi connectivity index (χ1) is 22.8. The maximum Gasteiger partial charge on any atom is 0.238 e. The SMILES string of the molecule is c1ccc(-c2nc(-c3ccccc3)nc(-n3c4ccccc4c4c5c6c(cc43)Oc3ccccc3N6c3ccccc3O5)n2)cc1. The average molecular weight is 594 g/mol. The summed E-state index contributed by atoms with van der Waals surface area (Å²) in [6.45, 7) is 0. The number of para-hydroxylation sites is 5. The lowest BCUT2D eigenvalue weighted by Gasteiger charge is -2.38. The highest BCUT2D eigenvalue weighted by Crippen LogP contribution is 2.62.